The van der Waals surface area contributed by atoms with Gasteiger partial charge in [0.15, 0.2) is 0 Å². The van der Waals surface area contributed by atoms with E-state index in [1.165, 1.54) is 114 Å². The molecule has 7 nitrogen and oxygen atoms in total. The Balaban J connectivity index is 5.22. The van der Waals surface area contributed by atoms with Crippen molar-refractivity contribution in [1.82, 2.24) is 19.6 Å². The van der Waals surface area contributed by atoms with Gasteiger partial charge in [-0.2, -0.15) is 0 Å². The molecule has 0 N–H and O–H groups in total. The number of amides is 3. The topological polar surface area (TPSA) is 64.2 Å². The first-order chi connectivity index (χ1) is 24.3. The van der Waals surface area contributed by atoms with Gasteiger partial charge in [-0.1, -0.05) is 142 Å². The molecule has 0 atom stereocenters. The highest BCUT2D eigenvalue weighted by Crippen LogP contribution is 2.16. The molecule has 0 rings (SSSR count). The van der Waals surface area contributed by atoms with E-state index in [9.17, 15) is 14.4 Å². The Labute approximate surface area is 315 Å². The lowest BCUT2D eigenvalue weighted by molar-refractivity contribution is -0.132. The molecule has 0 spiro atoms. The van der Waals surface area contributed by atoms with Crippen LogP contribution >= 0.6 is 11.8 Å². The van der Waals surface area contributed by atoms with Crippen LogP contribution in [-0.4, -0.2) is 102 Å². The van der Waals surface area contributed by atoms with Gasteiger partial charge in [0, 0.05) is 57.9 Å². The van der Waals surface area contributed by atoms with Gasteiger partial charge in [0.25, 0.3) is 5.24 Å². The second-order valence-corrected chi connectivity index (χ2v) is 15.9. The highest BCUT2D eigenvalue weighted by molar-refractivity contribution is 8.13. The summed E-state index contributed by atoms with van der Waals surface area (Å²) in [7, 11) is 4.12. The molecule has 0 aromatic rings. The Bertz CT molecular complexity index is 719. The van der Waals surface area contributed by atoms with E-state index in [0.29, 0.717) is 38.8 Å². The molecule has 0 bridgehead atoms. The van der Waals surface area contributed by atoms with E-state index in [4.69, 9.17) is 0 Å². The van der Waals surface area contributed by atoms with Gasteiger partial charge in [-0.05, 0) is 65.6 Å². The molecule has 0 heterocycles. The average Bonchev–Trinajstić information content (AvgIpc) is 3.10. The number of thioether (sulfide) groups is 1. The Kier molecular flexibility index (Phi) is 35.2. The number of nitrogens with zero attached hydrogens (tertiary/aromatic N) is 4. The Morgan fingerprint density at radius 2 is 0.700 bits per heavy atom. The van der Waals surface area contributed by atoms with Gasteiger partial charge in [0.05, 0.1) is 0 Å². The van der Waals surface area contributed by atoms with Crippen LogP contribution in [0.1, 0.15) is 188 Å². The van der Waals surface area contributed by atoms with Gasteiger partial charge in [-0.25, -0.2) is 0 Å². The first kappa shape index (κ1) is 48.7. The largest absolute Gasteiger partial charge is 0.343 e. The summed E-state index contributed by atoms with van der Waals surface area (Å²) in [4.78, 5) is 48.6. The van der Waals surface area contributed by atoms with Crippen LogP contribution in [0.2, 0.25) is 0 Å². The van der Waals surface area contributed by atoms with Gasteiger partial charge in [0.2, 0.25) is 11.8 Å². The second kappa shape index (κ2) is 36.1. The lowest BCUT2D eigenvalue weighted by atomic mass is 10.1. The fourth-order valence-corrected chi connectivity index (χ4v) is 7.24. The summed E-state index contributed by atoms with van der Waals surface area (Å²) >= 11 is 1.40. The molecule has 296 valence electrons. The lowest BCUT2D eigenvalue weighted by Gasteiger charge is -2.26. The number of unbranched alkanes of at least 4 members (excludes halogenated alkanes) is 16. The summed E-state index contributed by atoms with van der Waals surface area (Å²) in [5, 5.41) is 0.0936. The van der Waals surface area contributed by atoms with E-state index in [0.717, 1.165) is 70.6 Å². The zero-order chi connectivity index (χ0) is 37.1. The van der Waals surface area contributed by atoms with Crippen molar-refractivity contribution < 1.29 is 14.4 Å². The van der Waals surface area contributed by atoms with E-state index in [1.807, 2.05) is 4.90 Å². The number of hydrogen-bond donors (Lipinski definition) is 0. The third-order valence-corrected chi connectivity index (χ3v) is 10.7. The normalized spacial score (nSPS) is 11.3. The molecule has 0 saturated heterocycles. The standard InChI is InChI=1S/C42H84N4O3S/c1-7-11-15-19-23-33-44(34-24-20-16-12-8-2)40(47)30-27-37-46(42(49)50-39-29-32-43(5)6)38-28-31-41(48)45(35-25-21-17-13-9-3)36-26-22-18-14-10-4/h7-39H2,1-6H3. The van der Waals surface area contributed by atoms with Crippen molar-refractivity contribution in [1.29, 1.82) is 0 Å². The molecular weight excluding hydrogens is 641 g/mol. The molecule has 50 heavy (non-hydrogen) atoms. The fourth-order valence-electron chi connectivity index (χ4n) is 6.43. The van der Waals surface area contributed by atoms with Crippen LogP contribution in [0.3, 0.4) is 0 Å². The fraction of sp³-hybridized carbons (Fsp3) is 0.929. The maximum Gasteiger partial charge on any atom is 0.281 e. The number of carbonyl (C=O) groups is 3. The molecule has 0 fully saturated rings. The minimum absolute atomic E-state index is 0.0936. The molecule has 0 saturated carbocycles. The van der Waals surface area contributed by atoms with Crippen LogP contribution in [0.15, 0.2) is 0 Å². The average molecular weight is 725 g/mol. The molecule has 0 aromatic carbocycles. The summed E-state index contributed by atoms with van der Waals surface area (Å²) < 4.78 is 0. The molecular formula is C42H84N4O3S. The van der Waals surface area contributed by atoms with E-state index < -0.39 is 0 Å². The van der Waals surface area contributed by atoms with Crippen molar-refractivity contribution >= 4 is 28.8 Å². The van der Waals surface area contributed by atoms with E-state index in [2.05, 4.69) is 56.5 Å². The predicted octanol–water partition coefficient (Wildman–Crippen LogP) is 11.2. The molecule has 0 aliphatic heterocycles. The van der Waals surface area contributed by atoms with Crippen LogP contribution in [0.5, 0.6) is 0 Å². The first-order valence-corrected chi connectivity index (χ1v) is 22.4. The Morgan fingerprint density at radius 1 is 0.380 bits per heavy atom. The van der Waals surface area contributed by atoms with Crippen LogP contribution in [0.25, 0.3) is 0 Å². The third-order valence-electron chi connectivity index (χ3n) is 9.70. The zero-order valence-electron chi connectivity index (χ0n) is 34.3. The molecule has 0 unspecified atom stereocenters. The molecule has 3 amide bonds. The molecule has 0 radical (unpaired) electrons. The van der Waals surface area contributed by atoms with Crippen molar-refractivity contribution in [3.8, 4) is 0 Å². The van der Waals surface area contributed by atoms with Crippen molar-refractivity contribution in [2.24, 2.45) is 0 Å². The summed E-state index contributed by atoms with van der Waals surface area (Å²) in [6, 6.07) is 0. The summed E-state index contributed by atoms with van der Waals surface area (Å²) in [6.07, 6.45) is 27.4. The predicted molar refractivity (Wildman–Crippen MR) is 219 cm³/mol. The zero-order valence-corrected chi connectivity index (χ0v) is 35.1. The Morgan fingerprint density at radius 3 is 1.02 bits per heavy atom. The van der Waals surface area contributed by atoms with Crippen LogP contribution < -0.4 is 0 Å². The minimum Gasteiger partial charge on any atom is -0.343 e. The number of carbonyl (C=O) groups excluding carboxylic acids is 3. The third kappa shape index (κ3) is 29.3. The summed E-state index contributed by atoms with van der Waals surface area (Å²) in [6.45, 7) is 14.5. The SMILES string of the molecule is CCCCCCCN(CCCCCCC)C(=O)CCCN(CCCC(=O)N(CCCCCCC)CCCCCCC)C(=O)SCCCN(C)C. The second-order valence-electron chi connectivity index (χ2n) is 14.9. The van der Waals surface area contributed by atoms with Crippen molar-refractivity contribution in [3.63, 3.8) is 0 Å². The van der Waals surface area contributed by atoms with Gasteiger partial charge >= 0.3 is 0 Å². The molecule has 8 heteroatoms. The van der Waals surface area contributed by atoms with Gasteiger partial charge < -0.3 is 19.6 Å². The maximum atomic E-state index is 13.4. The lowest BCUT2D eigenvalue weighted by Crippen LogP contribution is -2.36. The van der Waals surface area contributed by atoms with Crippen LogP contribution in [-0.2, 0) is 9.59 Å². The number of rotatable bonds is 36. The van der Waals surface area contributed by atoms with Crippen LogP contribution in [0, 0.1) is 0 Å². The van der Waals surface area contributed by atoms with Gasteiger partial charge in [-0.3, -0.25) is 14.4 Å². The summed E-state index contributed by atoms with van der Waals surface area (Å²) in [5.41, 5.74) is 0. The molecule has 0 aromatic heterocycles. The first-order valence-electron chi connectivity index (χ1n) is 21.4. The number of hydrogen-bond acceptors (Lipinski definition) is 5. The highest BCUT2D eigenvalue weighted by Gasteiger charge is 2.19. The van der Waals surface area contributed by atoms with Crippen molar-refractivity contribution in [2.45, 2.75) is 188 Å². The monoisotopic (exact) mass is 725 g/mol. The Hall–Kier alpha value is -1.28. The minimum atomic E-state index is 0.0936. The summed E-state index contributed by atoms with van der Waals surface area (Å²) in [5.74, 6) is 1.27. The van der Waals surface area contributed by atoms with E-state index in [1.54, 1.807) is 0 Å². The van der Waals surface area contributed by atoms with E-state index >= 15 is 0 Å². The molecule has 0 aliphatic rings. The van der Waals surface area contributed by atoms with Gasteiger partial charge in [0.1, 0.15) is 0 Å². The van der Waals surface area contributed by atoms with Crippen molar-refractivity contribution in [2.75, 3.05) is 65.7 Å². The maximum absolute atomic E-state index is 13.4. The van der Waals surface area contributed by atoms with Gasteiger partial charge in [-0.15, -0.1) is 0 Å². The van der Waals surface area contributed by atoms with Crippen LogP contribution in [0.4, 0.5) is 4.79 Å². The molecule has 0 aliphatic carbocycles. The smallest absolute Gasteiger partial charge is 0.281 e. The highest BCUT2D eigenvalue weighted by atomic mass is 32.2. The van der Waals surface area contributed by atoms with Crippen molar-refractivity contribution in [3.05, 3.63) is 0 Å². The quantitative estimate of drug-likeness (QED) is 0.0602. The van der Waals surface area contributed by atoms with E-state index in [-0.39, 0.29) is 17.1 Å².